The van der Waals surface area contributed by atoms with E-state index in [4.69, 9.17) is 4.98 Å². The number of carbonyl (C=O) groups is 1. The average Bonchev–Trinajstić information content (AvgIpc) is 3.65. The molecule has 42 heavy (non-hydrogen) atoms. The number of aryl methyl sites for hydroxylation is 4. The number of nitrogens with one attached hydrogen (secondary N) is 2. The van der Waals surface area contributed by atoms with Gasteiger partial charge in [-0.05, 0) is 67.3 Å². The fraction of sp³-hybridized carbons (Fsp3) is 0.156. The molecule has 0 atom stereocenters. The monoisotopic (exact) mass is 558 g/mol. The van der Waals surface area contributed by atoms with Crippen LogP contribution in [0, 0.1) is 26.6 Å². The number of carbonyl (C=O) groups excluding carboxylic acids is 1. The van der Waals surface area contributed by atoms with Gasteiger partial charge in [0.1, 0.15) is 5.82 Å². The zero-order valence-electron chi connectivity index (χ0n) is 23.5. The normalized spacial score (nSPS) is 12.8. The number of nitrogens with zero attached hydrogens (tertiary/aromatic N) is 6. The number of amides is 1. The maximum Gasteiger partial charge on any atom is 0.262 e. The summed E-state index contributed by atoms with van der Waals surface area (Å²) < 4.78 is 16.9. The second-order valence-electron chi connectivity index (χ2n) is 10.6. The van der Waals surface area contributed by atoms with Crippen molar-refractivity contribution in [2.75, 3.05) is 10.2 Å². The first kappa shape index (κ1) is 25.6. The predicted molar refractivity (Wildman–Crippen MR) is 160 cm³/mol. The van der Waals surface area contributed by atoms with Gasteiger partial charge in [-0.15, -0.1) is 0 Å². The van der Waals surface area contributed by atoms with Crippen LogP contribution in [0.3, 0.4) is 0 Å². The Bertz CT molecular complexity index is 2020. The number of halogens is 1. The van der Waals surface area contributed by atoms with Crippen LogP contribution in [0.4, 0.5) is 21.8 Å². The lowest BCUT2D eigenvalue weighted by molar-refractivity contribution is 0.0993. The lowest BCUT2D eigenvalue weighted by Gasteiger charge is -2.17. The first-order chi connectivity index (χ1) is 20.3. The molecule has 0 spiro atoms. The van der Waals surface area contributed by atoms with Crippen molar-refractivity contribution < 1.29 is 9.18 Å². The highest BCUT2D eigenvalue weighted by molar-refractivity contribution is 6.15. The Hall–Kier alpha value is -5.38. The van der Waals surface area contributed by atoms with Gasteiger partial charge in [-0.2, -0.15) is 5.10 Å². The summed E-state index contributed by atoms with van der Waals surface area (Å²) in [6.07, 6.45) is 5.39. The van der Waals surface area contributed by atoms with Crippen molar-refractivity contribution in [3.63, 3.8) is 0 Å². The quantitative estimate of drug-likeness (QED) is 0.254. The molecule has 0 saturated heterocycles. The van der Waals surface area contributed by atoms with Gasteiger partial charge in [0, 0.05) is 54.0 Å². The maximum atomic E-state index is 15.1. The Morgan fingerprint density at radius 3 is 2.67 bits per heavy atom. The van der Waals surface area contributed by atoms with E-state index in [0.29, 0.717) is 23.0 Å². The Morgan fingerprint density at radius 1 is 1.02 bits per heavy atom. The summed E-state index contributed by atoms with van der Waals surface area (Å²) in [6, 6.07) is 14.6. The highest BCUT2D eigenvalue weighted by Gasteiger charge is 2.35. The van der Waals surface area contributed by atoms with E-state index < -0.39 is 5.82 Å². The van der Waals surface area contributed by atoms with Crippen molar-refractivity contribution in [3.8, 4) is 22.4 Å². The van der Waals surface area contributed by atoms with Crippen LogP contribution in [0.15, 0.2) is 67.1 Å². The molecule has 0 saturated carbocycles. The standard InChI is InChI=1S/C32H27FN8O/c1-17-14-36-32(37-27-13-19(3)40(4)39-27)38-29(17)23-15-35-30-22(23)6-5-7-26(30)41-16-24-21(20-10-11-34-18(2)12-20)8-9-25(33)28(24)31(41)42/h5-15,35H,16H2,1-4H3,(H,36,37,38,39). The number of H-pyrrole nitrogens is 1. The molecule has 1 aliphatic rings. The second kappa shape index (κ2) is 9.62. The summed E-state index contributed by atoms with van der Waals surface area (Å²) in [5, 5.41) is 8.52. The van der Waals surface area contributed by atoms with E-state index in [1.54, 1.807) is 28.0 Å². The fourth-order valence-electron chi connectivity index (χ4n) is 5.63. The molecule has 6 aromatic rings. The molecule has 2 aromatic carbocycles. The van der Waals surface area contributed by atoms with E-state index in [1.165, 1.54) is 6.07 Å². The minimum atomic E-state index is -0.522. The first-order valence-corrected chi connectivity index (χ1v) is 13.6. The van der Waals surface area contributed by atoms with E-state index in [0.717, 1.165) is 50.2 Å². The minimum absolute atomic E-state index is 0.109. The molecular weight excluding hydrogens is 531 g/mol. The summed E-state index contributed by atoms with van der Waals surface area (Å²) in [7, 11) is 1.88. The van der Waals surface area contributed by atoms with Gasteiger partial charge in [-0.25, -0.2) is 14.4 Å². The van der Waals surface area contributed by atoms with Gasteiger partial charge in [-0.1, -0.05) is 18.2 Å². The van der Waals surface area contributed by atoms with Crippen LogP contribution in [0.1, 0.15) is 32.9 Å². The molecule has 0 bridgehead atoms. The molecule has 0 aliphatic carbocycles. The van der Waals surface area contributed by atoms with Crippen LogP contribution in [-0.4, -0.2) is 35.6 Å². The van der Waals surface area contributed by atoms with Crippen molar-refractivity contribution in [3.05, 3.63) is 101 Å². The van der Waals surface area contributed by atoms with Crippen molar-refractivity contribution in [1.82, 2.24) is 29.7 Å². The van der Waals surface area contributed by atoms with E-state index in [2.05, 4.69) is 25.4 Å². The van der Waals surface area contributed by atoms with Crippen molar-refractivity contribution >= 4 is 34.3 Å². The van der Waals surface area contributed by atoms with Crippen LogP contribution in [0.2, 0.25) is 0 Å². The molecular formula is C32H27FN8O. The SMILES string of the molecule is Cc1cc(-c2ccc(F)c3c2CN(c2cccc4c(-c5nc(Nc6cc(C)n(C)n6)ncc5C)c[nH]c24)C3=O)ccn1. The van der Waals surface area contributed by atoms with E-state index in [9.17, 15) is 4.79 Å². The number of hydrogen-bond acceptors (Lipinski definition) is 6. The number of hydrogen-bond donors (Lipinski definition) is 2. The van der Waals surface area contributed by atoms with E-state index in [1.807, 2.05) is 70.4 Å². The van der Waals surface area contributed by atoms with Gasteiger partial charge in [0.05, 0.1) is 29.0 Å². The molecule has 0 unspecified atom stereocenters. The van der Waals surface area contributed by atoms with Crippen LogP contribution >= 0.6 is 0 Å². The summed E-state index contributed by atoms with van der Waals surface area (Å²) in [4.78, 5) is 32.2. The number of pyridine rings is 1. The highest BCUT2D eigenvalue weighted by Crippen LogP contribution is 2.40. The number of rotatable bonds is 5. The largest absolute Gasteiger partial charge is 0.359 e. The Morgan fingerprint density at radius 2 is 1.88 bits per heavy atom. The van der Waals surface area contributed by atoms with Gasteiger partial charge < -0.3 is 15.2 Å². The van der Waals surface area contributed by atoms with Gasteiger partial charge in [0.15, 0.2) is 5.82 Å². The molecule has 10 heteroatoms. The molecule has 2 N–H and O–H groups in total. The number of fused-ring (bicyclic) bond motifs is 2. The zero-order chi connectivity index (χ0) is 29.1. The lowest BCUT2D eigenvalue weighted by atomic mass is 9.97. The van der Waals surface area contributed by atoms with E-state index >= 15 is 4.39 Å². The fourth-order valence-corrected chi connectivity index (χ4v) is 5.63. The minimum Gasteiger partial charge on any atom is -0.359 e. The summed E-state index contributed by atoms with van der Waals surface area (Å²) in [5.74, 6) is 0.200. The zero-order valence-corrected chi connectivity index (χ0v) is 23.5. The third kappa shape index (κ3) is 4.11. The van der Waals surface area contributed by atoms with Crippen LogP contribution in [0.5, 0.6) is 0 Å². The molecule has 1 amide bonds. The molecule has 0 radical (unpaired) electrons. The molecule has 9 nitrogen and oxygen atoms in total. The number of aromatic nitrogens is 6. The lowest BCUT2D eigenvalue weighted by Crippen LogP contribution is -2.23. The molecule has 208 valence electrons. The molecule has 5 heterocycles. The van der Waals surface area contributed by atoms with Crippen LogP contribution in [0.25, 0.3) is 33.3 Å². The second-order valence-corrected chi connectivity index (χ2v) is 10.6. The Kier molecular flexibility index (Phi) is 5.86. The Labute approximate surface area is 241 Å². The van der Waals surface area contributed by atoms with Crippen LogP contribution < -0.4 is 10.2 Å². The molecule has 7 rings (SSSR count). The molecule has 1 aliphatic heterocycles. The third-order valence-electron chi connectivity index (χ3n) is 7.81. The van der Waals surface area contributed by atoms with Crippen molar-refractivity contribution in [2.24, 2.45) is 7.05 Å². The third-order valence-corrected chi connectivity index (χ3v) is 7.81. The van der Waals surface area contributed by atoms with Gasteiger partial charge in [-0.3, -0.25) is 14.5 Å². The number of anilines is 3. The maximum absolute atomic E-state index is 15.1. The first-order valence-electron chi connectivity index (χ1n) is 13.6. The number of benzene rings is 2. The van der Waals surface area contributed by atoms with Gasteiger partial charge >= 0.3 is 0 Å². The average molecular weight is 559 g/mol. The van der Waals surface area contributed by atoms with Gasteiger partial charge in [0.25, 0.3) is 5.91 Å². The molecule has 4 aromatic heterocycles. The summed E-state index contributed by atoms with van der Waals surface area (Å²) >= 11 is 0. The number of aromatic amines is 1. The van der Waals surface area contributed by atoms with Gasteiger partial charge in [0.2, 0.25) is 5.95 Å². The smallest absolute Gasteiger partial charge is 0.262 e. The van der Waals surface area contributed by atoms with Crippen molar-refractivity contribution in [1.29, 1.82) is 0 Å². The Balaban J connectivity index is 1.28. The number of para-hydroxylation sites is 1. The predicted octanol–water partition coefficient (Wildman–Crippen LogP) is 6.39. The van der Waals surface area contributed by atoms with Crippen molar-refractivity contribution in [2.45, 2.75) is 27.3 Å². The summed E-state index contributed by atoms with van der Waals surface area (Å²) in [6.45, 7) is 6.09. The summed E-state index contributed by atoms with van der Waals surface area (Å²) in [5.41, 5.74) is 8.32. The topological polar surface area (TPSA) is 105 Å². The van der Waals surface area contributed by atoms with E-state index in [-0.39, 0.29) is 18.0 Å². The van der Waals surface area contributed by atoms with Crippen LogP contribution in [-0.2, 0) is 13.6 Å². The highest BCUT2D eigenvalue weighted by atomic mass is 19.1. The molecule has 0 fully saturated rings.